The van der Waals surface area contributed by atoms with Crippen LogP contribution in [0.3, 0.4) is 0 Å². The Hall–Kier alpha value is -3.08. The van der Waals surface area contributed by atoms with Crippen molar-refractivity contribution in [2.45, 2.75) is 12.5 Å². The number of H-pyrrole nitrogens is 1. The van der Waals surface area contributed by atoms with Gasteiger partial charge in [0.1, 0.15) is 6.04 Å². The van der Waals surface area contributed by atoms with Gasteiger partial charge >= 0.3 is 6.03 Å². The molecule has 1 atom stereocenters. The maximum atomic E-state index is 12.9. The Kier molecular flexibility index (Phi) is 3.75. The van der Waals surface area contributed by atoms with Crippen molar-refractivity contribution in [2.24, 2.45) is 0 Å². The second kappa shape index (κ2) is 6.20. The molecule has 1 aromatic heterocycles. The predicted octanol–water partition coefficient (Wildman–Crippen LogP) is 3.59. The zero-order chi connectivity index (χ0) is 16.4. The number of anilines is 1. The fourth-order valence-corrected chi connectivity index (χ4v) is 3.19. The number of fused-ring (bicyclic) bond motifs is 1. The summed E-state index contributed by atoms with van der Waals surface area (Å²) in [5.41, 5.74) is 3.89. The Morgan fingerprint density at radius 2 is 1.79 bits per heavy atom. The van der Waals surface area contributed by atoms with Gasteiger partial charge in [0.15, 0.2) is 0 Å². The number of carbonyl (C=O) groups excluding carboxylic acids is 1. The number of aromatic amines is 1. The number of hydrogen-bond acceptors (Lipinski definition) is 2. The Morgan fingerprint density at radius 3 is 2.54 bits per heavy atom. The van der Waals surface area contributed by atoms with E-state index in [1.165, 1.54) is 0 Å². The summed E-state index contributed by atoms with van der Waals surface area (Å²) in [7, 11) is 0. The van der Waals surface area contributed by atoms with Crippen LogP contribution < -0.4 is 5.32 Å². The highest BCUT2D eigenvalue weighted by Crippen LogP contribution is 2.33. The van der Waals surface area contributed by atoms with Gasteiger partial charge in [-0.3, -0.25) is 0 Å². The molecule has 120 valence electrons. The number of aromatic nitrogens is 2. The monoisotopic (exact) mass is 318 g/mol. The molecule has 0 fully saturated rings. The average Bonchev–Trinajstić information content (AvgIpc) is 3.11. The van der Waals surface area contributed by atoms with E-state index in [0.717, 1.165) is 29.1 Å². The van der Waals surface area contributed by atoms with Crippen LogP contribution in [0, 0.1) is 0 Å². The van der Waals surface area contributed by atoms with Crippen molar-refractivity contribution in [3.8, 4) is 0 Å². The van der Waals surface area contributed by atoms with Gasteiger partial charge in [-0.2, -0.15) is 0 Å². The van der Waals surface area contributed by atoms with Gasteiger partial charge in [0.25, 0.3) is 0 Å². The normalized spacial score (nSPS) is 16.5. The van der Waals surface area contributed by atoms with Crippen molar-refractivity contribution in [3.05, 3.63) is 83.9 Å². The molecule has 5 heteroatoms. The van der Waals surface area contributed by atoms with Crippen LogP contribution in [0.1, 0.15) is 23.0 Å². The van der Waals surface area contributed by atoms with Crippen LogP contribution in [0.25, 0.3) is 0 Å². The van der Waals surface area contributed by atoms with Gasteiger partial charge < -0.3 is 15.2 Å². The van der Waals surface area contributed by atoms with Crippen LogP contribution in [-0.2, 0) is 6.42 Å². The maximum Gasteiger partial charge on any atom is 0.322 e. The number of benzene rings is 2. The molecule has 0 unspecified atom stereocenters. The number of nitrogens with zero attached hydrogens (tertiary/aromatic N) is 2. The average molecular weight is 318 g/mol. The minimum Gasteiger partial charge on any atom is -0.348 e. The standard InChI is InChI=1S/C19H18N4O/c24-19(22-15-9-5-2-6-10-15)23-12-11-16-17(21-13-20-16)18(23)14-7-3-1-4-8-14/h1-10,13,18H,11-12H2,(H,20,21)(H,22,24)/t18-/m1/s1. The molecule has 5 nitrogen and oxygen atoms in total. The number of imidazole rings is 1. The van der Waals surface area contributed by atoms with E-state index in [4.69, 9.17) is 0 Å². The van der Waals surface area contributed by atoms with Crippen LogP contribution in [0.4, 0.5) is 10.5 Å². The number of hydrogen-bond donors (Lipinski definition) is 2. The molecule has 2 amide bonds. The second-order valence-electron chi connectivity index (χ2n) is 5.82. The van der Waals surface area contributed by atoms with Crippen molar-refractivity contribution in [3.63, 3.8) is 0 Å². The highest BCUT2D eigenvalue weighted by Gasteiger charge is 2.33. The largest absolute Gasteiger partial charge is 0.348 e. The summed E-state index contributed by atoms with van der Waals surface area (Å²) in [6.45, 7) is 0.646. The summed E-state index contributed by atoms with van der Waals surface area (Å²) in [5, 5.41) is 2.98. The molecule has 4 rings (SSSR count). The number of amides is 2. The molecule has 0 aliphatic carbocycles. The molecular weight excluding hydrogens is 300 g/mol. The van der Waals surface area contributed by atoms with Crippen molar-refractivity contribution in [1.29, 1.82) is 0 Å². The fourth-order valence-electron chi connectivity index (χ4n) is 3.19. The molecule has 2 heterocycles. The lowest BCUT2D eigenvalue weighted by Crippen LogP contribution is -2.43. The van der Waals surface area contributed by atoms with Gasteiger partial charge in [-0.25, -0.2) is 9.78 Å². The minimum absolute atomic E-state index is 0.108. The molecule has 2 N–H and O–H groups in total. The first kappa shape index (κ1) is 14.5. The van der Waals surface area contributed by atoms with Crippen LogP contribution >= 0.6 is 0 Å². The molecule has 3 aromatic rings. The second-order valence-corrected chi connectivity index (χ2v) is 5.82. The first-order chi connectivity index (χ1) is 11.8. The van der Waals surface area contributed by atoms with Gasteiger partial charge in [-0.05, 0) is 17.7 Å². The molecule has 0 radical (unpaired) electrons. The predicted molar refractivity (Wildman–Crippen MR) is 92.7 cm³/mol. The first-order valence-corrected chi connectivity index (χ1v) is 8.02. The molecule has 2 aromatic carbocycles. The third-order valence-electron chi connectivity index (χ3n) is 4.33. The Balaban J connectivity index is 1.67. The molecule has 0 saturated carbocycles. The van der Waals surface area contributed by atoms with Crippen molar-refractivity contribution < 1.29 is 4.79 Å². The van der Waals surface area contributed by atoms with E-state index < -0.39 is 0 Å². The highest BCUT2D eigenvalue weighted by molar-refractivity contribution is 5.90. The van der Waals surface area contributed by atoms with E-state index in [1.54, 1.807) is 6.33 Å². The summed E-state index contributed by atoms with van der Waals surface area (Å²) in [4.78, 5) is 22.4. The molecule has 1 aliphatic heterocycles. The third kappa shape index (κ3) is 2.65. The Labute approximate surface area is 140 Å². The molecule has 24 heavy (non-hydrogen) atoms. The molecule has 0 spiro atoms. The van der Waals surface area contributed by atoms with Crippen LogP contribution in [0.2, 0.25) is 0 Å². The zero-order valence-corrected chi connectivity index (χ0v) is 13.1. The van der Waals surface area contributed by atoms with E-state index in [0.29, 0.717) is 6.54 Å². The summed E-state index contributed by atoms with van der Waals surface area (Å²) in [6, 6.07) is 19.3. The lowest BCUT2D eigenvalue weighted by atomic mass is 9.96. The number of nitrogens with one attached hydrogen (secondary N) is 2. The van der Waals surface area contributed by atoms with Gasteiger partial charge in [-0.15, -0.1) is 0 Å². The smallest absolute Gasteiger partial charge is 0.322 e. The summed E-state index contributed by atoms with van der Waals surface area (Å²) in [6.07, 6.45) is 2.49. The number of carbonyl (C=O) groups is 1. The van der Waals surface area contributed by atoms with E-state index >= 15 is 0 Å². The van der Waals surface area contributed by atoms with Crippen molar-refractivity contribution >= 4 is 11.7 Å². The summed E-state index contributed by atoms with van der Waals surface area (Å²) < 4.78 is 0. The number of rotatable bonds is 2. The minimum atomic E-state index is -0.176. The van der Waals surface area contributed by atoms with Gasteiger partial charge in [-0.1, -0.05) is 48.5 Å². The Bertz CT molecular complexity index is 829. The van der Waals surface area contributed by atoms with Gasteiger partial charge in [0.2, 0.25) is 0 Å². The van der Waals surface area contributed by atoms with Crippen molar-refractivity contribution in [1.82, 2.24) is 14.9 Å². The summed E-state index contributed by atoms with van der Waals surface area (Å²) >= 11 is 0. The quantitative estimate of drug-likeness (QED) is 0.758. The van der Waals surface area contributed by atoms with E-state index in [1.807, 2.05) is 65.6 Å². The van der Waals surface area contributed by atoms with E-state index in [-0.39, 0.29) is 12.1 Å². The number of para-hydroxylation sites is 1. The Morgan fingerprint density at radius 1 is 1.08 bits per heavy atom. The molecule has 0 bridgehead atoms. The van der Waals surface area contributed by atoms with Crippen LogP contribution in [0.5, 0.6) is 0 Å². The molecule has 1 aliphatic rings. The summed E-state index contributed by atoms with van der Waals surface area (Å²) in [5.74, 6) is 0. The van der Waals surface area contributed by atoms with Gasteiger partial charge in [0.05, 0.1) is 12.0 Å². The van der Waals surface area contributed by atoms with Crippen LogP contribution in [0.15, 0.2) is 67.0 Å². The fraction of sp³-hybridized carbons (Fsp3) is 0.158. The lowest BCUT2D eigenvalue weighted by Gasteiger charge is -2.35. The number of urea groups is 1. The zero-order valence-electron chi connectivity index (χ0n) is 13.1. The first-order valence-electron chi connectivity index (χ1n) is 8.02. The molecular formula is C19H18N4O. The lowest BCUT2D eigenvalue weighted by molar-refractivity contribution is 0.192. The molecule has 0 saturated heterocycles. The van der Waals surface area contributed by atoms with E-state index in [2.05, 4.69) is 15.3 Å². The van der Waals surface area contributed by atoms with E-state index in [9.17, 15) is 4.79 Å². The van der Waals surface area contributed by atoms with Crippen molar-refractivity contribution in [2.75, 3.05) is 11.9 Å². The van der Waals surface area contributed by atoms with Crippen LogP contribution in [-0.4, -0.2) is 27.4 Å². The maximum absolute atomic E-state index is 12.9. The highest BCUT2D eigenvalue weighted by atomic mass is 16.2. The third-order valence-corrected chi connectivity index (χ3v) is 4.33. The van der Waals surface area contributed by atoms with Gasteiger partial charge in [0, 0.05) is 24.3 Å². The topological polar surface area (TPSA) is 61.0 Å². The SMILES string of the molecule is O=C(Nc1ccccc1)N1CCc2[nH]cnc2[C@H]1c1ccccc1.